The highest BCUT2D eigenvalue weighted by atomic mass is 19.1. The number of piperazine rings is 1. The highest BCUT2D eigenvalue weighted by Gasteiger charge is 2.50. The van der Waals surface area contributed by atoms with Crippen molar-refractivity contribution in [3.8, 4) is 23.0 Å². The summed E-state index contributed by atoms with van der Waals surface area (Å²) < 4.78 is 75.9. The molecule has 0 aliphatic carbocycles. The van der Waals surface area contributed by atoms with E-state index >= 15 is 8.78 Å². The Kier molecular flexibility index (Phi) is 9.22. The highest BCUT2D eigenvalue weighted by molar-refractivity contribution is 6.00. The second-order valence-electron chi connectivity index (χ2n) is 15.4. The number of hydrogen-bond acceptors (Lipinski definition) is 11. The third-order valence-corrected chi connectivity index (χ3v) is 10.5. The molecule has 0 N–H and O–H groups in total. The zero-order valence-corrected chi connectivity index (χ0v) is 30.2. The molecule has 2 aromatic carbocycles. The summed E-state index contributed by atoms with van der Waals surface area (Å²) in [6, 6.07) is 6.94. The summed E-state index contributed by atoms with van der Waals surface area (Å²) in [5.41, 5.74) is -1.21. The van der Waals surface area contributed by atoms with Crippen molar-refractivity contribution in [1.29, 1.82) is 0 Å². The van der Waals surface area contributed by atoms with Crippen LogP contribution in [0, 0.1) is 11.6 Å². The minimum Gasteiger partial charge on any atom is -0.468 e. The van der Waals surface area contributed by atoms with Gasteiger partial charge in [-0.2, -0.15) is 9.97 Å². The SMILES string of the molecule is COCOc1cc(-c2ncc3c(N4CC5COCC(C4)N5C(=O)OC(C)(C)C)nc(OC[C@@]45CCCN4C[C@H](F)C5)nc3c2F)c2c(F)cccc2c1. The number of carbonyl (C=O) groups excluding carboxylic acids is 1. The Morgan fingerprint density at radius 1 is 1.08 bits per heavy atom. The first-order valence-corrected chi connectivity index (χ1v) is 18.0. The third kappa shape index (κ3) is 6.67. The summed E-state index contributed by atoms with van der Waals surface area (Å²) in [5.74, 6) is -0.643. The Bertz CT molecular complexity index is 2040. The van der Waals surface area contributed by atoms with Gasteiger partial charge in [0, 0.05) is 50.3 Å². The molecular weight excluding hydrogens is 693 g/mol. The van der Waals surface area contributed by atoms with Crippen LogP contribution >= 0.6 is 0 Å². The molecule has 4 saturated heterocycles. The van der Waals surface area contributed by atoms with E-state index in [1.807, 2.05) is 25.7 Å². The first-order valence-electron chi connectivity index (χ1n) is 18.0. The monoisotopic (exact) mass is 736 g/mol. The predicted octanol–water partition coefficient (Wildman–Crippen LogP) is 5.89. The average molecular weight is 737 g/mol. The van der Waals surface area contributed by atoms with Crippen LogP contribution in [0.2, 0.25) is 0 Å². The molecule has 12 nitrogen and oxygen atoms in total. The molecule has 1 amide bonds. The van der Waals surface area contributed by atoms with Crippen molar-refractivity contribution in [3.63, 3.8) is 0 Å². The molecule has 4 atom stereocenters. The van der Waals surface area contributed by atoms with E-state index in [1.54, 1.807) is 23.1 Å². The van der Waals surface area contributed by atoms with Gasteiger partial charge < -0.3 is 28.6 Å². The summed E-state index contributed by atoms with van der Waals surface area (Å²) in [7, 11) is 1.48. The van der Waals surface area contributed by atoms with Gasteiger partial charge in [-0.05, 0) is 63.7 Å². The zero-order valence-electron chi connectivity index (χ0n) is 30.2. The lowest BCUT2D eigenvalue weighted by Gasteiger charge is -2.49. The van der Waals surface area contributed by atoms with Crippen LogP contribution in [-0.2, 0) is 14.2 Å². The highest BCUT2D eigenvalue weighted by Crippen LogP contribution is 2.42. The third-order valence-electron chi connectivity index (χ3n) is 10.5. The first-order chi connectivity index (χ1) is 25.4. The molecule has 282 valence electrons. The Hall–Kier alpha value is -4.47. The average Bonchev–Trinajstić information content (AvgIpc) is 3.64. The number of hydrogen-bond donors (Lipinski definition) is 0. The van der Waals surface area contributed by atoms with E-state index in [1.165, 1.54) is 25.4 Å². The summed E-state index contributed by atoms with van der Waals surface area (Å²) in [6.07, 6.45) is 2.13. The van der Waals surface area contributed by atoms with E-state index in [0.717, 1.165) is 19.4 Å². The van der Waals surface area contributed by atoms with Gasteiger partial charge in [0.15, 0.2) is 12.6 Å². The van der Waals surface area contributed by atoms with E-state index in [-0.39, 0.29) is 66.9 Å². The van der Waals surface area contributed by atoms with Gasteiger partial charge in [-0.1, -0.05) is 12.1 Å². The Morgan fingerprint density at radius 3 is 2.62 bits per heavy atom. The normalized spacial score (nSPS) is 24.5. The standard InChI is InChI=1S/C38H43F3N6O6/c1-37(2,3)53-36(48)47-24-16-45(17-25(47)19-50-18-24)34-28-14-42-32(27-12-26(52-21-49-4)11-22-7-5-8-29(40)30(22)27)31(41)33(28)43-35(44-34)51-20-38-9-6-10-46(38)15-23(39)13-38/h5,7-8,11-12,14,23-25H,6,9-10,13,15-21H2,1-4H3/t23-,24?,25?,38+/m1/s1. The number of rotatable bonds is 8. The van der Waals surface area contributed by atoms with Crippen LogP contribution in [0.4, 0.5) is 23.8 Å². The number of anilines is 1. The maximum atomic E-state index is 17.1. The largest absolute Gasteiger partial charge is 0.468 e. The van der Waals surface area contributed by atoms with E-state index in [2.05, 4.69) is 14.9 Å². The summed E-state index contributed by atoms with van der Waals surface area (Å²) >= 11 is 0. The van der Waals surface area contributed by atoms with Crippen LogP contribution in [0.5, 0.6) is 11.8 Å². The quantitative estimate of drug-likeness (QED) is 0.202. The second-order valence-corrected chi connectivity index (χ2v) is 15.4. The van der Waals surface area contributed by atoms with Crippen LogP contribution in [0.3, 0.4) is 0 Å². The van der Waals surface area contributed by atoms with Crippen molar-refractivity contribution >= 4 is 33.6 Å². The number of carbonyl (C=O) groups is 1. The van der Waals surface area contributed by atoms with Crippen molar-refractivity contribution in [2.45, 2.75) is 69.4 Å². The lowest BCUT2D eigenvalue weighted by atomic mass is 9.95. The van der Waals surface area contributed by atoms with Crippen LogP contribution in [0.15, 0.2) is 36.5 Å². The Morgan fingerprint density at radius 2 is 1.87 bits per heavy atom. The van der Waals surface area contributed by atoms with Gasteiger partial charge in [0.25, 0.3) is 0 Å². The maximum Gasteiger partial charge on any atom is 0.411 e. The second kappa shape index (κ2) is 13.7. The fourth-order valence-corrected chi connectivity index (χ4v) is 8.36. The summed E-state index contributed by atoms with van der Waals surface area (Å²) in [4.78, 5) is 33.1. The number of alkyl halides is 1. The van der Waals surface area contributed by atoms with Crippen molar-refractivity contribution in [2.75, 3.05) is 64.8 Å². The molecule has 15 heteroatoms. The number of amides is 1. The molecule has 2 unspecified atom stereocenters. The molecule has 4 aliphatic rings. The first kappa shape index (κ1) is 35.6. The van der Waals surface area contributed by atoms with E-state index in [0.29, 0.717) is 48.4 Å². The number of ether oxygens (including phenoxy) is 5. The van der Waals surface area contributed by atoms with Crippen molar-refractivity contribution in [1.82, 2.24) is 24.8 Å². The lowest BCUT2D eigenvalue weighted by molar-refractivity contribution is -0.0665. The van der Waals surface area contributed by atoms with E-state index in [4.69, 9.17) is 28.7 Å². The van der Waals surface area contributed by atoms with Crippen molar-refractivity contribution in [3.05, 3.63) is 48.2 Å². The fraction of sp³-hybridized carbons (Fsp3) is 0.526. The number of morpholine rings is 1. The van der Waals surface area contributed by atoms with Gasteiger partial charge in [0.2, 0.25) is 0 Å². The van der Waals surface area contributed by atoms with Gasteiger partial charge in [-0.25, -0.2) is 18.0 Å². The number of halogens is 3. The van der Waals surface area contributed by atoms with Gasteiger partial charge in [-0.15, -0.1) is 0 Å². The number of methoxy groups -OCH3 is 1. The van der Waals surface area contributed by atoms with Gasteiger partial charge in [0.05, 0.1) is 36.2 Å². The number of pyridine rings is 1. The minimum absolute atomic E-state index is 0.0680. The molecule has 4 aromatic rings. The smallest absolute Gasteiger partial charge is 0.411 e. The van der Waals surface area contributed by atoms with Crippen LogP contribution < -0.4 is 14.4 Å². The van der Waals surface area contributed by atoms with Crippen LogP contribution in [0.25, 0.3) is 32.9 Å². The number of nitrogens with zero attached hydrogens (tertiary/aromatic N) is 6. The maximum absolute atomic E-state index is 17.1. The van der Waals surface area contributed by atoms with Gasteiger partial charge in [0.1, 0.15) is 47.0 Å². The molecule has 0 radical (unpaired) electrons. The van der Waals surface area contributed by atoms with Crippen molar-refractivity contribution < 1.29 is 41.7 Å². The van der Waals surface area contributed by atoms with Gasteiger partial charge >= 0.3 is 12.1 Å². The predicted molar refractivity (Wildman–Crippen MR) is 190 cm³/mol. The minimum atomic E-state index is -0.959. The molecule has 8 rings (SSSR count). The Labute approximate surface area is 305 Å². The molecule has 6 heterocycles. The molecule has 0 spiro atoms. The van der Waals surface area contributed by atoms with Crippen LogP contribution in [-0.4, -0.2) is 120 Å². The summed E-state index contributed by atoms with van der Waals surface area (Å²) in [6.45, 7) is 7.82. The fourth-order valence-electron chi connectivity index (χ4n) is 8.36. The molecule has 2 bridgehead atoms. The molecule has 0 saturated carbocycles. The number of aromatic nitrogens is 3. The van der Waals surface area contributed by atoms with E-state index in [9.17, 15) is 9.18 Å². The van der Waals surface area contributed by atoms with Crippen LogP contribution in [0.1, 0.15) is 40.0 Å². The zero-order chi connectivity index (χ0) is 37.1. The van der Waals surface area contributed by atoms with Crippen molar-refractivity contribution in [2.24, 2.45) is 0 Å². The topological polar surface area (TPSA) is 112 Å². The lowest BCUT2D eigenvalue weighted by Crippen LogP contribution is -2.66. The molecule has 2 aromatic heterocycles. The van der Waals surface area contributed by atoms with Gasteiger partial charge in [-0.3, -0.25) is 14.8 Å². The number of benzene rings is 2. The number of fused-ring (bicyclic) bond motifs is 5. The molecule has 4 fully saturated rings. The molecule has 4 aliphatic heterocycles. The Balaban J connectivity index is 1.22. The van der Waals surface area contributed by atoms with E-state index < -0.39 is 35.0 Å². The molecular formula is C38H43F3N6O6. The summed E-state index contributed by atoms with van der Waals surface area (Å²) in [5, 5.41) is 0.967. The molecule has 53 heavy (non-hydrogen) atoms.